The van der Waals surface area contributed by atoms with Gasteiger partial charge in [-0.1, -0.05) is 12.1 Å². The van der Waals surface area contributed by atoms with Crippen molar-refractivity contribution in [1.29, 1.82) is 0 Å². The van der Waals surface area contributed by atoms with Gasteiger partial charge in [-0.25, -0.2) is 4.39 Å². The van der Waals surface area contributed by atoms with Crippen LogP contribution >= 0.6 is 0 Å². The van der Waals surface area contributed by atoms with Crippen LogP contribution in [0.15, 0.2) is 36.7 Å². The lowest BCUT2D eigenvalue weighted by Gasteiger charge is -2.32. The lowest BCUT2D eigenvalue weighted by Crippen LogP contribution is -2.40. The number of benzene rings is 1. The van der Waals surface area contributed by atoms with Gasteiger partial charge in [0.1, 0.15) is 5.82 Å². The molecule has 2 heterocycles. The molecule has 3 atom stereocenters. The number of nitrogens with one attached hydrogen (secondary N) is 1. The molecule has 1 aromatic heterocycles. The van der Waals surface area contributed by atoms with Gasteiger partial charge >= 0.3 is 0 Å². The van der Waals surface area contributed by atoms with Gasteiger partial charge in [-0.2, -0.15) is 5.10 Å². The fraction of sp³-hybridized carbons (Fsp3) is 0.444. The summed E-state index contributed by atoms with van der Waals surface area (Å²) >= 11 is 0. The van der Waals surface area contributed by atoms with E-state index in [2.05, 4.69) is 10.2 Å². The van der Waals surface area contributed by atoms with Gasteiger partial charge in [0.15, 0.2) is 0 Å². The standard InChI is InChI=1S/C18H20FN3O/c19-15-5-1-3-12(7-15)16-8-17(16)18(23)22-6-2-4-13(11-22)14-9-20-21-10-14/h1,3,5,7,9-10,13,16-17H,2,4,6,8,11H2,(H,20,21)/t13-,16-,17+/m0/s1. The summed E-state index contributed by atoms with van der Waals surface area (Å²) in [4.78, 5) is 14.7. The van der Waals surface area contributed by atoms with Crippen molar-refractivity contribution in [2.75, 3.05) is 13.1 Å². The summed E-state index contributed by atoms with van der Waals surface area (Å²) in [7, 11) is 0. The predicted molar refractivity (Wildman–Crippen MR) is 84.4 cm³/mol. The van der Waals surface area contributed by atoms with E-state index >= 15 is 0 Å². The number of amides is 1. The molecular formula is C18H20FN3O. The Morgan fingerprint density at radius 3 is 3.04 bits per heavy atom. The molecule has 0 unspecified atom stereocenters. The number of aromatic nitrogens is 2. The molecule has 0 bridgehead atoms. The Balaban J connectivity index is 1.42. The molecule has 1 saturated carbocycles. The largest absolute Gasteiger partial charge is 0.342 e. The van der Waals surface area contributed by atoms with Crippen LogP contribution in [-0.2, 0) is 4.79 Å². The fourth-order valence-electron chi connectivity index (χ4n) is 3.74. The SMILES string of the molecule is O=C([C@@H]1C[C@H]1c1cccc(F)c1)N1CCC[C@H](c2cn[nH]c2)C1. The minimum absolute atomic E-state index is 0.0277. The maximum atomic E-state index is 13.3. The van der Waals surface area contributed by atoms with E-state index in [1.54, 1.807) is 12.1 Å². The third-order valence-electron chi connectivity index (χ3n) is 5.11. The van der Waals surface area contributed by atoms with Crippen LogP contribution in [0.2, 0.25) is 0 Å². The van der Waals surface area contributed by atoms with E-state index in [1.807, 2.05) is 23.4 Å². The quantitative estimate of drug-likeness (QED) is 0.947. The first kappa shape index (κ1) is 14.4. The van der Waals surface area contributed by atoms with Crippen molar-refractivity contribution in [3.63, 3.8) is 0 Å². The first-order chi connectivity index (χ1) is 11.2. The number of nitrogens with zero attached hydrogens (tertiary/aromatic N) is 2. The van der Waals surface area contributed by atoms with Crippen molar-refractivity contribution in [2.24, 2.45) is 5.92 Å². The van der Waals surface area contributed by atoms with Crippen LogP contribution in [0.5, 0.6) is 0 Å². The summed E-state index contributed by atoms with van der Waals surface area (Å²) in [5.41, 5.74) is 2.13. The van der Waals surface area contributed by atoms with Crippen LogP contribution in [0, 0.1) is 11.7 Å². The van der Waals surface area contributed by atoms with Crippen LogP contribution in [-0.4, -0.2) is 34.1 Å². The molecule has 1 N–H and O–H groups in total. The molecule has 0 spiro atoms. The van der Waals surface area contributed by atoms with Gasteiger partial charge in [0.05, 0.1) is 6.20 Å². The van der Waals surface area contributed by atoms with Gasteiger partial charge in [0.2, 0.25) is 5.91 Å². The van der Waals surface area contributed by atoms with Crippen LogP contribution in [0.4, 0.5) is 4.39 Å². The van der Waals surface area contributed by atoms with Crippen molar-refractivity contribution in [3.05, 3.63) is 53.6 Å². The average molecular weight is 313 g/mol. The van der Waals surface area contributed by atoms with E-state index in [9.17, 15) is 9.18 Å². The highest BCUT2D eigenvalue weighted by molar-refractivity contribution is 5.83. The average Bonchev–Trinajstić information content (AvgIpc) is 3.19. The Labute approximate surface area is 134 Å². The van der Waals surface area contributed by atoms with Gasteiger partial charge in [-0.3, -0.25) is 9.89 Å². The summed E-state index contributed by atoms with van der Waals surface area (Å²) in [6.07, 6.45) is 6.74. The number of piperidine rings is 1. The van der Waals surface area contributed by atoms with E-state index in [-0.39, 0.29) is 23.6 Å². The number of carbonyl (C=O) groups is 1. The molecule has 1 saturated heterocycles. The summed E-state index contributed by atoms with van der Waals surface area (Å²) in [6.45, 7) is 1.60. The highest BCUT2D eigenvalue weighted by Crippen LogP contribution is 2.49. The van der Waals surface area contributed by atoms with Crippen molar-refractivity contribution in [1.82, 2.24) is 15.1 Å². The summed E-state index contributed by atoms with van der Waals surface area (Å²) in [6, 6.07) is 6.65. The van der Waals surface area contributed by atoms with E-state index in [0.29, 0.717) is 5.92 Å². The van der Waals surface area contributed by atoms with Gasteiger partial charge in [-0.15, -0.1) is 0 Å². The summed E-state index contributed by atoms with van der Waals surface area (Å²) < 4.78 is 13.3. The molecule has 2 aliphatic rings. The van der Waals surface area contributed by atoms with Crippen LogP contribution < -0.4 is 0 Å². The number of H-pyrrole nitrogens is 1. The number of hydrogen-bond acceptors (Lipinski definition) is 2. The lowest BCUT2D eigenvalue weighted by atomic mass is 9.92. The second-order valence-corrected chi connectivity index (χ2v) is 6.66. The second kappa shape index (κ2) is 5.80. The number of hydrogen-bond donors (Lipinski definition) is 1. The van der Waals surface area contributed by atoms with Crippen molar-refractivity contribution >= 4 is 5.91 Å². The fourth-order valence-corrected chi connectivity index (χ4v) is 3.74. The molecule has 2 aromatic rings. The molecule has 23 heavy (non-hydrogen) atoms. The van der Waals surface area contributed by atoms with Crippen molar-refractivity contribution in [3.8, 4) is 0 Å². The molecule has 1 aliphatic carbocycles. The monoisotopic (exact) mass is 313 g/mol. The smallest absolute Gasteiger partial charge is 0.226 e. The first-order valence-corrected chi connectivity index (χ1v) is 8.25. The van der Waals surface area contributed by atoms with Crippen molar-refractivity contribution < 1.29 is 9.18 Å². The van der Waals surface area contributed by atoms with Gasteiger partial charge in [0.25, 0.3) is 0 Å². The van der Waals surface area contributed by atoms with Crippen LogP contribution in [0.3, 0.4) is 0 Å². The van der Waals surface area contributed by atoms with Gasteiger partial charge in [-0.05, 0) is 48.4 Å². The minimum Gasteiger partial charge on any atom is -0.342 e. The van der Waals surface area contributed by atoms with Crippen molar-refractivity contribution in [2.45, 2.75) is 31.1 Å². The zero-order valence-electron chi connectivity index (χ0n) is 12.9. The van der Waals surface area contributed by atoms with Crippen LogP contribution in [0.1, 0.15) is 42.2 Å². The maximum absolute atomic E-state index is 13.3. The normalized spacial score (nSPS) is 27.0. The number of halogens is 1. The number of likely N-dealkylation sites (tertiary alicyclic amines) is 1. The Bertz CT molecular complexity index is 700. The molecule has 5 heteroatoms. The predicted octanol–water partition coefficient (Wildman–Crippen LogP) is 3.06. The highest BCUT2D eigenvalue weighted by Gasteiger charge is 2.46. The Hall–Kier alpha value is -2.17. The molecule has 4 rings (SSSR count). The minimum atomic E-state index is -0.224. The zero-order chi connectivity index (χ0) is 15.8. The highest BCUT2D eigenvalue weighted by atomic mass is 19.1. The molecular weight excluding hydrogens is 293 g/mol. The molecule has 120 valence electrons. The molecule has 0 radical (unpaired) electrons. The third kappa shape index (κ3) is 2.87. The second-order valence-electron chi connectivity index (χ2n) is 6.66. The molecule has 1 aliphatic heterocycles. The van der Waals surface area contributed by atoms with Gasteiger partial charge in [0, 0.05) is 31.1 Å². The Morgan fingerprint density at radius 1 is 1.35 bits per heavy atom. The van der Waals surface area contributed by atoms with Crippen LogP contribution in [0.25, 0.3) is 0 Å². The third-order valence-corrected chi connectivity index (χ3v) is 5.11. The number of aromatic amines is 1. The Kier molecular flexibility index (Phi) is 3.63. The molecule has 2 fully saturated rings. The Morgan fingerprint density at radius 2 is 2.26 bits per heavy atom. The number of carbonyl (C=O) groups excluding carboxylic acids is 1. The molecule has 1 aromatic carbocycles. The molecule has 1 amide bonds. The van der Waals surface area contributed by atoms with E-state index in [4.69, 9.17) is 0 Å². The van der Waals surface area contributed by atoms with Gasteiger partial charge < -0.3 is 4.90 Å². The first-order valence-electron chi connectivity index (χ1n) is 8.25. The topological polar surface area (TPSA) is 49.0 Å². The summed E-state index contributed by atoms with van der Waals surface area (Å²) in [5, 5.41) is 6.86. The number of rotatable bonds is 3. The van der Waals surface area contributed by atoms with E-state index in [0.717, 1.165) is 37.9 Å². The zero-order valence-corrected chi connectivity index (χ0v) is 12.9. The summed E-state index contributed by atoms with van der Waals surface area (Å²) in [5.74, 6) is 0.594. The van der Waals surface area contributed by atoms with E-state index in [1.165, 1.54) is 11.6 Å². The molecule has 4 nitrogen and oxygen atoms in total. The van der Waals surface area contributed by atoms with E-state index < -0.39 is 0 Å². The maximum Gasteiger partial charge on any atom is 0.226 e. The lowest BCUT2D eigenvalue weighted by molar-refractivity contribution is -0.133.